The van der Waals surface area contributed by atoms with Gasteiger partial charge in [-0.3, -0.25) is 0 Å². The van der Waals surface area contributed by atoms with Crippen LogP contribution in [0.3, 0.4) is 0 Å². The summed E-state index contributed by atoms with van der Waals surface area (Å²) in [5.74, 6) is -0.883. The van der Waals surface area contributed by atoms with E-state index >= 15 is 0 Å². The van der Waals surface area contributed by atoms with Crippen molar-refractivity contribution in [2.24, 2.45) is 0 Å². The van der Waals surface area contributed by atoms with E-state index in [1.165, 1.54) is 6.07 Å². The second-order valence-corrected chi connectivity index (χ2v) is 3.53. The molecule has 16 heavy (non-hydrogen) atoms. The van der Waals surface area contributed by atoms with E-state index in [-0.39, 0.29) is 0 Å². The molecule has 4 N–H and O–H groups in total. The summed E-state index contributed by atoms with van der Waals surface area (Å²) in [5, 5.41) is 19.1. The quantitative estimate of drug-likeness (QED) is 0.503. The van der Waals surface area contributed by atoms with Crippen molar-refractivity contribution in [1.82, 2.24) is 0 Å². The zero-order chi connectivity index (χ0) is 12.3. The Hall–Kier alpha value is -1.59. The molecule has 0 aliphatic heterocycles. The number of rotatable bonds is 3. The van der Waals surface area contributed by atoms with Crippen LogP contribution in [-0.2, 0) is 9.53 Å². The lowest BCUT2D eigenvalue weighted by molar-refractivity contribution is -0.156. The maximum absolute atomic E-state index is 11.0. The number of carbonyl (C=O) groups is 1. The summed E-state index contributed by atoms with van der Waals surface area (Å²) >= 11 is 0. The van der Waals surface area contributed by atoms with Crippen LogP contribution in [0.25, 0.3) is 0 Å². The molecule has 5 heteroatoms. The zero-order valence-electron chi connectivity index (χ0n) is 9.18. The molecule has 1 rings (SSSR count). The van der Waals surface area contributed by atoms with Gasteiger partial charge in [0.05, 0.1) is 7.11 Å². The fourth-order valence-electron chi connectivity index (χ4n) is 1.27. The first-order valence-corrected chi connectivity index (χ1v) is 4.77. The number of hydrogen-bond donors (Lipinski definition) is 3. The first-order valence-electron chi connectivity index (χ1n) is 4.77. The number of esters is 1. The standard InChI is InChI=1S/C11H15NO4/c1-6-3-4-7(5-8(6)12)9(13)10(14)11(15)16-2/h3-5,9-10,13-14H,12H2,1-2H3. The number of nitrogens with two attached hydrogens (primary N) is 1. The van der Waals surface area contributed by atoms with Gasteiger partial charge >= 0.3 is 5.97 Å². The summed E-state index contributed by atoms with van der Waals surface area (Å²) in [6.45, 7) is 1.82. The van der Waals surface area contributed by atoms with Crippen molar-refractivity contribution in [3.05, 3.63) is 29.3 Å². The molecule has 0 amide bonds. The summed E-state index contributed by atoms with van der Waals surface area (Å²) < 4.78 is 4.33. The molecular formula is C11H15NO4. The number of ether oxygens (including phenoxy) is 1. The zero-order valence-corrected chi connectivity index (χ0v) is 9.18. The van der Waals surface area contributed by atoms with Crippen molar-refractivity contribution < 1.29 is 19.7 Å². The Morgan fingerprint density at radius 3 is 2.56 bits per heavy atom. The predicted octanol–water partition coefficient (Wildman–Crippen LogP) is 0.145. The van der Waals surface area contributed by atoms with E-state index in [2.05, 4.69) is 4.74 Å². The topological polar surface area (TPSA) is 92.8 Å². The third-order valence-electron chi connectivity index (χ3n) is 2.39. The van der Waals surface area contributed by atoms with Gasteiger partial charge in [-0.15, -0.1) is 0 Å². The third kappa shape index (κ3) is 2.50. The highest BCUT2D eigenvalue weighted by Gasteiger charge is 2.26. The molecule has 0 saturated heterocycles. The van der Waals surface area contributed by atoms with Crippen molar-refractivity contribution in [3.63, 3.8) is 0 Å². The SMILES string of the molecule is COC(=O)C(O)C(O)c1ccc(C)c(N)c1. The molecule has 2 unspecified atom stereocenters. The first-order chi connectivity index (χ1) is 7.47. The lowest BCUT2D eigenvalue weighted by atomic mass is 10.0. The van der Waals surface area contributed by atoms with Gasteiger partial charge in [0.15, 0.2) is 6.10 Å². The summed E-state index contributed by atoms with van der Waals surface area (Å²) in [4.78, 5) is 11.0. The monoisotopic (exact) mass is 225 g/mol. The predicted molar refractivity (Wildman–Crippen MR) is 58.6 cm³/mol. The molecule has 88 valence electrons. The van der Waals surface area contributed by atoms with E-state index in [0.717, 1.165) is 12.7 Å². The summed E-state index contributed by atoms with van der Waals surface area (Å²) in [6, 6.07) is 4.83. The number of hydrogen-bond acceptors (Lipinski definition) is 5. The molecule has 0 saturated carbocycles. The Morgan fingerprint density at radius 2 is 2.06 bits per heavy atom. The summed E-state index contributed by atoms with van der Waals surface area (Å²) in [7, 11) is 1.14. The van der Waals surface area contributed by atoms with Gasteiger partial charge < -0.3 is 20.7 Å². The van der Waals surface area contributed by atoms with Gasteiger partial charge in [0.2, 0.25) is 0 Å². The molecule has 0 aromatic heterocycles. The van der Waals surface area contributed by atoms with Gasteiger partial charge in [-0.25, -0.2) is 4.79 Å². The van der Waals surface area contributed by atoms with Gasteiger partial charge in [0.25, 0.3) is 0 Å². The van der Waals surface area contributed by atoms with Crippen molar-refractivity contribution in [2.75, 3.05) is 12.8 Å². The van der Waals surface area contributed by atoms with Gasteiger partial charge in [-0.1, -0.05) is 12.1 Å². The lowest BCUT2D eigenvalue weighted by Gasteiger charge is -2.16. The van der Waals surface area contributed by atoms with E-state index in [0.29, 0.717) is 11.3 Å². The highest BCUT2D eigenvalue weighted by atomic mass is 16.5. The number of aliphatic hydroxyl groups is 2. The van der Waals surface area contributed by atoms with Crippen LogP contribution in [0.2, 0.25) is 0 Å². The third-order valence-corrected chi connectivity index (χ3v) is 2.39. The molecule has 0 fully saturated rings. The van der Waals surface area contributed by atoms with Gasteiger partial charge in [0.1, 0.15) is 6.10 Å². The maximum Gasteiger partial charge on any atom is 0.337 e. The van der Waals surface area contributed by atoms with Crippen LogP contribution >= 0.6 is 0 Å². The Morgan fingerprint density at radius 1 is 1.44 bits per heavy atom. The van der Waals surface area contributed by atoms with Crippen molar-refractivity contribution in [1.29, 1.82) is 0 Å². The largest absolute Gasteiger partial charge is 0.467 e. The van der Waals surface area contributed by atoms with E-state index in [1.54, 1.807) is 12.1 Å². The molecule has 0 aliphatic carbocycles. The number of benzene rings is 1. The van der Waals surface area contributed by atoms with E-state index in [9.17, 15) is 15.0 Å². The van der Waals surface area contributed by atoms with Crippen molar-refractivity contribution >= 4 is 11.7 Å². The second-order valence-electron chi connectivity index (χ2n) is 3.53. The van der Waals surface area contributed by atoms with Crippen molar-refractivity contribution in [3.8, 4) is 0 Å². The molecule has 0 aliphatic rings. The number of anilines is 1. The minimum Gasteiger partial charge on any atom is -0.467 e. The number of methoxy groups -OCH3 is 1. The first kappa shape index (κ1) is 12.5. The molecule has 0 heterocycles. The van der Waals surface area contributed by atoms with E-state index < -0.39 is 18.2 Å². The Labute approximate surface area is 93.5 Å². The summed E-state index contributed by atoms with van der Waals surface area (Å²) in [6.07, 6.45) is -2.94. The summed E-state index contributed by atoms with van der Waals surface area (Å²) in [5.41, 5.74) is 7.39. The molecule has 0 bridgehead atoms. The Bertz CT molecular complexity index is 392. The number of nitrogen functional groups attached to an aromatic ring is 1. The molecule has 0 spiro atoms. The second kappa shape index (κ2) is 4.96. The highest BCUT2D eigenvalue weighted by Crippen LogP contribution is 2.22. The molecule has 1 aromatic carbocycles. The van der Waals surface area contributed by atoms with Crippen LogP contribution in [-0.4, -0.2) is 29.4 Å². The van der Waals surface area contributed by atoms with Crippen LogP contribution in [0.1, 0.15) is 17.2 Å². The van der Waals surface area contributed by atoms with E-state index in [1.807, 2.05) is 6.92 Å². The maximum atomic E-state index is 11.0. The van der Waals surface area contributed by atoms with Gasteiger partial charge in [-0.05, 0) is 24.1 Å². The molecule has 2 atom stereocenters. The average Bonchev–Trinajstić information content (AvgIpc) is 2.29. The fourth-order valence-corrected chi connectivity index (χ4v) is 1.27. The normalized spacial score (nSPS) is 14.2. The number of aryl methyl sites for hydroxylation is 1. The average molecular weight is 225 g/mol. The van der Waals surface area contributed by atoms with Crippen LogP contribution in [0.5, 0.6) is 0 Å². The lowest BCUT2D eigenvalue weighted by Crippen LogP contribution is -2.29. The minimum absolute atomic E-state index is 0.376. The molecule has 1 aromatic rings. The smallest absolute Gasteiger partial charge is 0.337 e. The Kier molecular flexibility index (Phi) is 3.87. The number of aliphatic hydroxyl groups excluding tert-OH is 2. The van der Waals surface area contributed by atoms with Crippen LogP contribution in [0, 0.1) is 6.92 Å². The van der Waals surface area contributed by atoms with Crippen LogP contribution in [0.15, 0.2) is 18.2 Å². The molecular weight excluding hydrogens is 210 g/mol. The highest BCUT2D eigenvalue weighted by molar-refractivity contribution is 5.75. The van der Waals surface area contributed by atoms with Gasteiger partial charge in [0, 0.05) is 5.69 Å². The molecule has 0 radical (unpaired) electrons. The van der Waals surface area contributed by atoms with Crippen LogP contribution < -0.4 is 5.73 Å². The number of carbonyl (C=O) groups excluding carboxylic acids is 1. The Balaban J connectivity index is 2.91. The van der Waals surface area contributed by atoms with Gasteiger partial charge in [-0.2, -0.15) is 0 Å². The fraction of sp³-hybridized carbons (Fsp3) is 0.364. The van der Waals surface area contributed by atoms with E-state index in [4.69, 9.17) is 5.73 Å². The molecule has 5 nitrogen and oxygen atoms in total. The van der Waals surface area contributed by atoms with Crippen molar-refractivity contribution in [2.45, 2.75) is 19.1 Å². The minimum atomic E-state index is -1.60. The van der Waals surface area contributed by atoms with Crippen LogP contribution in [0.4, 0.5) is 5.69 Å².